The van der Waals surface area contributed by atoms with Gasteiger partial charge in [-0.3, -0.25) is 0 Å². The van der Waals surface area contributed by atoms with Crippen molar-refractivity contribution in [2.45, 2.75) is 32.7 Å². The molecule has 1 aliphatic rings. The Kier molecular flexibility index (Phi) is 2.98. The van der Waals surface area contributed by atoms with Crippen molar-refractivity contribution >= 4 is 28.1 Å². The lowest BCUT2D eigenvalue weighted by atomic mass is 10.0. The van der Waals surface area contributed by atoms with Crippen LogP contribution in [0.1, 0.15) is 26.7 Å². The molecule has 0 aliphatic carbocycles. The molecule has 2 nitrogen and oxygen atoms in total. The molecule has 0 saturated carbocycles. The summed E-state index contributed by atoms with van der Waals surface area (Å²) < 4.78 is 0. The lowest BCUT2D eigenvalue weighted by molar-refractivity contribution is 0.491. The standard InChI is InChI=1S/C10H15ClN2S/c1-7(2)8-4-3-5-13(8)10-12-9(11)6-14-10/h6-8H,3-5H2,1-2H3. The van der Waals surface area contributed by atoms with E-state index < -0.39 is 0 Å². The van der Waals surface area contributed by atoms with Crippen LogP contribution in [0.25, 0.3) is 0 Å². The summed E-state index contributed by atoms with van der Waals surface area (Å²) in [6.45, 7) is 5.68. The maximum atomic E-state index is 5.84. The first-order valence-electron chi connectivity index (χ1n) is 5.06. The Hall–Kier alpha value is -0.280. The van der Waals surface area contributed by atoms with Crippen LogP contribution in [-0.4, -0.2) is 17.6 Å². The molecule has 1 aromatic heterocycles. The fourth-order valence-electron chi connectivity index (χ4n) is 2.10. The molecule has 2 rings (SSSR count). The maximum Gasteiger partial charge on any atom is 0.187 e. The van der Waals surface area contributed by atoms with Crippen LogP contribution in [0, 0.1) is 5.92 Å². The zero-order chi connectivity index (χ0) is 10.1. The Balaban J connectivity index is 2.17. The number of rotatable bonds is 2. The van der Waals surface area contributed by atoms with E-state index in [4.69, 9.17) is 11.6 Å². The molecule has 78 valence electrons. The molecule has 1 unspecified atom stereocenters. The lowest BCUT2D eigenvalue weighted by Gasteiger charge is -2.26. The molecule has 0 amide bonds. The van der Waals surface area contributed by atoms with Gasteiger partial charge in [0, 0.05) is 18.0 Å². The van der Waals surface area contributed by atoms with E-state index in [0.717, 1.165) is 11.7 Å². The van der Waals surface area contributed by atoms with E-state index in [1.54, 1.807) is 11.3 Å². The molecule has 1 aliphatic heterocycles. The smallest absolute Gasteiger partial charge is 0.187 e. The second-order valence-electron chi connectivity index (χ2n) is 4.10. The number of nitrogens with zero attached hydrogens (tertiary/aromatic N) is 2. The van der Waals surface area contributed by atoms with Gasteiger partial charge in [0.1, 0.15) is 5.15 Å². The Morgan fingerprint density at radius 1 is 1.64 bits per heavy atom. The molecule has 14 heavy (non-hydrogen) atoms. The van der Waals surface area contributed by atoms with Crippen LogP contribution in [0.4, 0.5) is 5.13 Å². The Morgan fingerprint density at radius 3 is 3.00 bits per heavy atom. The van der Waals surface area contributed by atoms with Crippen molar-refractivity contribution in [3.05, 3.63) is 10.5 Å². The van der Waals surface area contributed by atoms with Crippen molar-refractivity contribution in [3.63, 3.8) is 0 Å². The van der Waals surface area contributed by atoms with Crippen LogP contribution in [-0.2, 0) is 0 Å². The van der Waals surface area contributed by atoms with Crippen molar-refractivity contribution in [3.8, 4) is 0 Å². The van der Waals surface area contributed by atoms with Crippen molar-refractivity contribution < 1.29 is 0 Å². The van der Waals surface area contributed by atoms with Gasteiger partial charge >= 0.3 is 0 Å². The van der Waals surface area contributed by atoms with Gasteiger partial charge in [0.15, 0.2) is 5.13 Å². The van der Waals surface area contributed by atoms with Crippen LogP contribution >= 0.6 is 22.9 Å². The van der Waals surface area contributed by atoms with E-state index in [1.807, 2.05) is 5.38 Å². The summed E-state index contributed by atoms with van der Waals surface area (Å²) in [5.74, 6) is 0.695. The summed E-state index contributed by atoms with van der Waals surface area (Å²) in [5.41, 5.74) is 0. The molecule has 0 radical (unpaired) electrons. The van der Waals surface area contributed by atoms with Gasteiger partial charge in [-0.2, -0.15) is 0 Å². The predicted octanol–water partition coefficient (Wildman–Crippen LogP) is 3.42. The van der Waals surface area contributed by atoms with Crippen molar-refractivity contribution in [2.75, 3.05) is 11.4 Å². The minimum absolute atomic E-state index is 0.624. The van der Waals surface area contributed by atoms with Crippen molar-refractivity contribution in [1.29, 1.82) is 0 Å². The van der Waals surface area contributed by atoms with Gasteiger partial charge in [-0.25, -0.2) is 4.98 Å². The SMILES string of the molecule is CC(C)C1CCCN1c1nc(Cl)cs1. The first-order valence-corrected chi connectivity index (χ1v) is 6.32. The highest BCUT2D eigenvalue weighted by molar-refractivity contribution is 7.14. The van der Waals surface area contributed by atoms with Gasteiger partial charge in [0.25, 0.3) is 0 Å². The number of anilines is 1. The number of thiazole rings is 1. The number of aromatic nitrogens is 1. The zero-order valence-corrected chi connectivity index (χ0v) is 10.1. The molecular formula is C10H15ClN2S. The zero-order valence-electron chi connectivity index (χ0n) is 8.53. The molecule has 0 aromatic carbocycles. The molecule has 1 fully saturated rings. The fraction of sp³-hybridized carbons (Fsp3) is 0.700. The summed E-state index contributed by atoms with van der Waals surface area (Å²) in [6.07, 6.45) is 2.56. The number of hydrogen-bond acceptors (Lipinski definition) is 3. The highest BCUT2D eigenvalue weighted by Crippen LogP contribution is 2.32. The second-order valence-corrected chi connectivity index (χ2v) is 5.32. The van der Waals surface area contributed by atoms with Crippen molar-refractivity contribution in [1.82, 2.24) is 4.98 Å². The van der Waals surface area contributed by atoms with Gasteiger partial charge < -0.3 is 4.90 Å². The summed E-state index contributed by atoms with van der Waals surface area (Å²) in [7, 11) is 0. The molecule has 1 saturated heterocycles. The topological polar surface area (TPSA) is 16.1 Å². The third kappa shape index (κ3) is 1.89. The van der Waals surface area contributed by atoms with Crippen LogP contribution in [0.5, 0.6) is 0 Å². The monoisotopic (exact) mass is 230 g/mol. The molecule has 2 heterocycles. The first kappa shape index (κ1) is 10.2. The van der Waals surface area contributed by atoms with Crippen LogP contribution in [0.3, 0.4) is 0 Å². The largest absolute Gasteiger partial charge is 0.345 e. The van der Waals surface area contributed by atoms with Gasteiger partial charge in [-0.05, 0) is 18.8 Å². The lowest BCUT2D eigenvalue weighted by Crippen LogP contribution is -2.33. The quantitative estimate of drug-likeness (QED) is 0.774. The highest BCUT2D eigenvalue weighted by Gasteiger charge is 2.28. The van der Waals surface area contributed by atoms with Gasteiger partial charge in [0.05, 0.1) is 0 Å². The minimum atomic E-state index is 0.624. The summed E-state index contributed by atoms with van der Waals surface area (Å²) in [5, 5.41) is 3.62. The average Bonchev–Trinajstić information content (AvgIpc) is 2.70. The fourth-order valence-corrected chi connectivity index (χ4v) is 3.13. The normalized spacial score (nSPS) is 22.3. The van der Waals surface area contributed by atoms with Crippen LogP contribution in [0.2, 0.25) is 5.15 Å². The molecule has 0 spiro atoms. The van der Waals surface area contributed by atoms with Crippen LogP contribution < -0.4 is 4.90 Å². The summed E-state index contributed by atoms with van der Waals surface area (Å²) in [4.78, 5) is 6.74. The van der Waals surface area contributed by atoms with Gasteiger partial charge in [-0.15, -0.1) is 11.3 Å². The molecule has 0 N–H and O–H groups in total. The molecular weight excluding hydrogens is 216 g/mol. The second kappa shape index (κ2) is 4.07. The summed E-state index contributed by atoms with van der Waals surface area (Å²) in [6, 6.07) is 0.650. The highest BCUT2D eigenvalue weighted by atomic mass is 35.5. The van der Waals surface area contributed by atoms with Crippen molar-refractivity contribution in [2.24, 2.45) is 5.92 Å². The van der Waals surface area contributed by atoms with E-state index >= 15 is 0 Å². The number of hydrogen-bond donors (Lipinski definition) is 0. The minimum Gasteiger partial charge on any atom is -0.345 e. The summed E-state index contributed by atoms with van der Waals surface area (Å²) >= 11 is 7.49. The predicted molar refractivity (Wildman–Crippen MR) is 62.3 cm³/mol. The number of halogens is 1. The van der Waals surface area contributed by atoms with E-state index in [0.29, 0.717) is 17.1 Å². The van der Waals surface area contributed by atoms with E-state index in [9.17, 15) is 0 Å². The van der Waals surface area contributed by atoms with E-state index in [-0.39, 0.29) is 0 Å². The third-order valence-electron chi connectivity index (χ3n) is 2.78. The van der Waals surface area contributed by atoms with Gasteiger partial charge in [0.2, 0.25) is 0 Å². The first-order chi connectivity index (χ1) is 6.68. The molecule has 0 bridgehead atoms. The van der Waals surface area contributed by atoms with Gasteiger partial charge in [-0.1, -0.05) is 25.4 Å². The maximum absolute atomic E-state index is 5.84. The van der Waals surface area contributed by atoms with E-state index in [1.165, 1.54) is 12.8 Å². The van der Waals surface area contributed by atoms with E-state index in [2.05, 4.69) is 23.7 Å². The Bertz CT molecular complexity index is 311. The molecule has 1 aromatic rings. The average molecular weight is 231 g/mol. The van der Waals surface area contributed by atoms with Crippen LogP contribution in [0.15, 0.2) is 5.38 Å². The molecule has 4 heteroatoms. The third-order valence-corrected chi connectivity index (χ3v) is 3.98. The Labute approximate surface area is 93.9 Å². The molecule has 1 atom stereocenters. The Morgan fingerprint density at radius 2 is 2.43 bits per heavy atom.